The van der Waals surface area contributed by atoms with E-state index in [1.54, 1.807) is 4.80 Å². The fraction of sp³-hybridized carbons (Fsp3) is 0.556. The summed E-state index contributed by atoms with van der Waals surface area (Å²) >= 11 is 0. The standard InChI is InChI=1S/C27H35FN3O4/c1-17-5-4-6-18(2)27(35-25(33)16-22(32)8-7-17)19(3)13-20-14-23(28)26-24(15-20)29-31(30-26)21-9-11-34-12-10-21/h4-6,13-15,17-18,21-22,27,32H,7-12,16H2,1-3H3/b6-4+,19-13+/t17-,18-,22+,27-/m0/s1. The summed E-state index contributed by atoms with van der Waals surface area (Å²) in [4.78, 5) is 14.2. The summed E-state index contributed by atoms with van der Waals surface area (Å²) in [5.74, 6) is -0.662. The number of carbonyl (C=O) groups excluding carboxylic acids is 1. The van der Waals surface area contributed by atoms with E-state index >= 15 is 0 Å². The number of cyclic esters (lactones) is 1. The molecule has 0 aliphatic carbocycles. The van der Waals surface area contributed by atoms with E-state index < -0.39 is 24.0 Å². The summed E-state index contributed by atoms with van der Waals surface area (Å²) < 4.78 is 26.1. The molecule has 1 N–H and O–H groups in total. The quantitative estimate of drug-likeness (QED) is 0.629. The molecule has 2 aliphatic rings. The number of benzene rings is 1. The molecule has 8 heteroatoms. The number of aliphatic hydroxyl groups is 1. The van der Waals surface area contributed by atoms with Crippen molar-refractivity contribution in [2.45, 2.75) is 71.1 Å². The number of allylic oxidation sites excluding steroid dienone is 1. The fourth-order valence-corrected chi connectivity index (χ4v) is 4.70. The zero-order valence-corrected chi connectivity index (χ0v) is 20.7. The molecule has 1 aromatic heterocycles. The van der Waals surface area contributed by atoms with Crippen LogP contribution < -0.4 is 0 Å². The number of halogens is 1. The number of carbonyl (C=O) groups is 1. The number of esters is 1. The van der Waals surface area contributed by atoms with Gasteiger partial charge in [-0.2, -0.15) is 9.90 Å². The van der Waals surface area contributed by atoms with Gasteiger partial charge in [-0.05, 0) is 68.2 Å². The Morgan fingerprint density at radius 3 is 2.71 bits per heavy atom. The average Bonchev–Trinajstić information content (AvgIpc) is 3.26. The van der Waals surface area contributed by atoms with Crippen LogP contribution in [0.5, 0.6) is 0 Å². The minimum Gasteiger partial charge on any atom is -0.457 e. The van der Waals surface area contributed by atoms with Crippen LogP contribution in [0.3, 0.4) is 0 Å². The Hall–Kier alpha value is -2.58. The lowest BCUT2D eigenvalue weighted by atomic mass is 9.93. The SMILES string of the molecule is C/C(=C\c1cc(F)c2nn(C3CCOCC3)nc2c1)[C@H]1OC(=O)C[C@H](O)CC[C@@H](C)[CH]/C=C/[C@@H]1C. The zero-order valence-electron chi connectivity index (χ0n) is 20.7. The molecule has 1 saturated heterocycles. The van der Waals surface area contributed by atoms with Gasteiger partial charge in [-0.3, -0.25) is 4.79 Å². The van der Waals surface area contributed by atoms with Gasteiger partial charge < -0.3 is 14.6 Å². The molecule has 4 rings (SSSR count). The summed E-state index contributed by atoms with van der Waals surface area (Å²) in [6.07, 6.45) is 9.61. The summed E-state index contributed by atoms with van der Waals surface area (Å²) in [5, 5.41) is 19.2. The van der Waals surface area contributed by atoms with Crippen molar-refractivity contribution >= 4 is 23.1 Å². The largest absolute Gasteiger partial charge is 0.457 e. The van der Waals surface area contributed by atoms with Crippen molar-refractivity contribution in [3.63, 3.8) is 0 Å². The van der Waals surface area contributed by atoms with E-state index in [-0.39, 0.29) is 23.9 Å². The molecular formula is C27H35FN3O4. The second-order valence-electron chi connectivity index (χ2n) is 9.88. The number of nitrogens with zero attached hydrogens (tertiary/aromatic N) is 3. The van der Waals surface area contributed by atoms with Crippen molar-refractivity contribution < 1.29 is 23.8 Å². The Labute approximate surface area is 206 Å². The molecule has 2 aliphatic heterocycles. The summed E-state index contributed by atoms with van der Waals surface area (Å²) in [6, 6.07) is 3.35. The molecule has 0 unspecified atom stereocenters. The van der Waals surface area contributed by atoms with Gasteiger partial charge in [0.25, 0.3) is 0 Å². The van der Waals surface area contributed by atoms with Gasteiger partial charge in [-0.1, -0.05) is 32.1 Å². The van der Waals surface area contributed by atoms with E-state index in [9.17, 15) is 14.3 Å². The first-order chi connectivity index (χ1) is 16.8. The molecule has 1 fully saturated rings. The van der Waals surface area contributed by atoms with Crippen LogP contribution in [-0.2, 0) is 14.3 Å². The maximum absolute atomic E-state index is 14.9. The average molecular weight is 485 g/mol. The van der Waals surface area contributed by atoms with Crippen molar-refractivity contribution in [1.29, 1.82) is 0 Å². The number of aromatic nitrogens is 3. The van der Waals surface area contributed by atoms with Gasteiger partial charge in [0.05, 0.1) is 18.6 Å². The van der Waals surface area contributed by atoms with Gasteiger partial charge in [0.15, 0.2) is 5.82 Å². The van der Waals surface area contributed by atoms with Crippen molar-refractivity contribution in [2.75, 3.05) is 13.2 Å². The minimum absolute atomic E-state index is 0.0389. The second kappa shape index (κ2) is 11.4. The Morgan fingerprint density at radius 2 is 1.94 bits per heavy atom. The highest BCUT2D eigenvalue weighted by Gasteiger charge is 2.25. The Bertz CT molecular complexity index is 1090. The Kier molecular flexibility index (Phi) is 8.34. The van der Waals surface area contributed by atoms with Crippen LogP contribution in [0.15, 0.2) is 29.9 Å². The van der Waals surface area contributed by atoms with Crippen LogP contribution >= 0.6 is 0 Å². The molecule has 0 saturated carbocycles. The lowest BCUT2D eigenvalue weighted by molar-refractivity contribution is -0.151. The van der Waals surface area contributed by atoms with E-state index in [1.807, 2.05) is 38.1 Å². The Morgan fingerprint density at radius 1 is 1.17 bits per heavy atom. The normalized spacial score (nSPS) is 28.8. The molecule has 35 heavy (non-hydrogen) atoms. The molecule has 4 atom stereocenters. The number of rotatable bonds is 3. The van der Waals surface area contributed by atoms with E-state index in [1.165, 1.54) is 6.07 Å². The van der Waals surface area contributed by atoms with Crippen LogP contribution in [0.25, 0.3) is 17.1 Å². The molecule has 0 amide bonds. The predicted molar refractivity (Wildman–Crippen MR) is 132 cm³/mol. The third kappa shape index (κ3) is 6.55. The van der Waals surface area contributed by atoms with Crippen molar-refractivity contribution in [2.24, 2.45) is 11.8 Å². The first-order valence-electron chi connectivity index (χ1n) is 12.5. The van der Waals surface area contributed by atoms with E-state index in [0.29, 0.717) is 36.6 Å². The highest BCUT2D eigenvalue weighted by atomic mass is 19.1. The number of ether oxygens (including phenoxy) is 2. The molecule has 7 nitrogen and oxygen atoms in total. The maximum atomic E-state index is 14.9. The molecule has 2 aromatic rings. The van der Waals surface area contributed by atoms with Gasteiger partial charge >= 0.3 is 5.97 Å². The fourth-order valence-electron chi connectivity index (χ4n) is 4.70. The monoisotopic (exact) mass is 484 g/mol. The maximum Gasteiger partial charge on any atom is 0.309 e. The van der Waals surface area contributed by atoms with Crippen molar-refractivity contribution in [1.82, 2.24) is 15.0 Å². The van der Waals surface area contributed by atoms with Crippen LogP contribution in [-0.4, -0.2) is 51.5 Å². The summed E-state index contributed by atoms with van der Waals surface area (Å²) in [5.41, 5.74) is 2.15. The van der Waals surface area contributed by atoms with Crippen LogP contribution in [0, 0.1) is 24.1 Å². The number of hydrogen-bond acceptors (Lipinski definition) is 6. The highest BCUT2D eigenvalue weighted by Crippen LogP contribution is 2.27. The van der Waals surface area contributed by atoms with Gasteiger partial charge in [0, 0.05) is 19.1 Å². The third-order valence-electron chi connectivity index (χ3n) is 6.79. The molecule has 189 valence electrons. The molecule has 1 radical (unpaired) electrons. The van der Waals surface area contributed by atoms with E-state index in [0.717, 1.165) is 24.8 Å². The van der Waals surface area contributed by atoms with Gasteiger partial charge in [-0.25, -0.2) is 4.39 Å². The Balaban J connectivity index is 1.60. The minimum atomic E-state index is -0.725. The van der Waals surface area contributed by atoms with E-state index in [4.69, 9.17) is 9.47 Å². The lowest BCUT2D eigenvalue weighted by Crippen LogP contribution is -2.28. The summed E-state index contributed by atoms with van der Waals surface area (Å²) in [7, 11) is 0. The van der Waals surface area contributed by atoms with Gasteiger partial charge in [-0.15, -0.1) is 5.10 Å². The molecule has 1 aromatic carbocycles. The molecular weight excluding hydrogens is 449 g/mol. The topological polar surface area (TPSA) is 86.5 Å². The van der Waals surface area contributed by atoms with E-state index in [2.05, 4.69) is 23.5 Å². The van der Waals surface area contributed by atoms with Gasteiger partial charge in [0.1, 0.15) is 17.1 Å². The van der Waals surface area contributed by atoms with Crippen LogP contribution in [0.2, 0.25) is 0 Å². The smallest absolute Gasteiger partial charge is 0.309 e. The molecule has 0 spiro atoms. The molecule has 3 heterocycles. The predicted octanol–water partition coefficient (Wildman–Crippen LogP) is 4.81. The highest BCUT2D eigenvalue weighted by molar-refractivity contribution is 5.78. The summed E-state index contributed by atoms with van der Waals surface area (Å²) in [6.45, 7) is 7.25. The zero-order chi connectivity index (χ0) is 24.9. The second-order valence-corrected chi connectivity index (χ2v) is 9.88. The van der Waals surface area contributed by atoms with Crippen molar-refractivity contribution in [3.05, 3.63) is 47.7 Å². The van der Waals surface area contributed by atoms with Crippen molar-refractivity contribution in [3.8, 4) is 0 Å². The number of fused-ring (bicyclic) bond motifs is 1. The number of aliphatic hydroxyl groups excluding tert-OH is 1. The first-order valence-corrected chi connectivity index (χ1v) is 12.5. The first kappa shape index (κ1) is 25.5. The third-order valence-corrected chi connectivity index (χ3v) is 6.79. The lowest BCUT2D eigenvalue weighted by Gasteiger charge is -2.25. The molecule has 0 bridgehead atoms. The van der Waals surface area contributed by atoms with Crippen LogP contribution in [0.4, 0.5) is 4.39 Å². The number of hydrogen-bond donors (Lipinski definition) is 1. The van der Waals surface area contributed by atoms with Crippen LogP contribution in [0.1, 0.15) is 64.5 Å². The van der Waals surface area contributed by atoms with Gasteiger partial charge in [0.2, 0.25) is 0 Å².